The van der Waals surface area contributed by atoms with Crippen LogP contribution in [-0.4, -0.2) is 92.8 Å². The molecule has 0 N–H and O–H groups in total. The van der Waals surface area contributed by atoms with E-state index in [0.717, 1.165) is 32.5 Å². The quantitative estimate of drug-likeness (QED) is 0.319. The molecule has 0 spiro atoms. The Morgan fingerprint density at radius 3 is 2.67 bits per heavy atom. The molecule has 0 radical (unpaired) electrons. The highest BCUT2D eigenvalue weighted by molar-refractivity contribution is 7.99. The van der Waals surface area contributed by atoms with Crippen LogP contribution in [0.4, 0.5) is 14.6 Å². The van der Waals surface area contributed by atoms with E-state index in [4.69, 9.17) is 0 Å². The number of benzene rings is 2. The van der Waals surface area contributed by atoms with Crippen molar-refractivity contribution in [3.63, 3.8) is 0 Å². The molecule has 5 heterocycles. The maximum atomic E-state index is 14.8. The Hall–Kier alpha value is -3.77. The number of amides is 1. The molecule has 1 amide bonds. The van der Waals surface area contributed by atoms with Gasteiger partial charge in [0.05, 0.1) is 28.7 Å². The van der Waals surface area contributed by atoms with Crippen LogP contribution in [0.15, 0.2) is 46.7 Å². The molecule has 3 aliphatic heterocycles. The van der Waals surface area contributed by atoms with Gasteiger partial charge in [-0.2, -0.15) is 10.1 Å². The van der Waals surface area contributed by atoms with Gasteiger partial charge in [-0.25, -0.2) is 13.6 Å². The number of carbonyl (C=O) groups excluding carboxylic acids is 1. The van der Waals surface area contributed by atoms with E-state index in [-0.39, 0.29) is 23.5 Å². The van der Waals surface area contributed by atoms with Crippen LogP contribution < -0.4 is 10.6 Å². The van der Waals surface area contributed by atoms with Crippen molar-refractivity contribution in [3.8, 4) is 11.1 Å². The monoisotopic (exact) mass is 605 g/mol. The molecule has 224 valence electrons. The topological polar surface area (TPSA) is 79.5 Å². The second-order valence-corrected chi connectivity index (χ2v) is 12.7. The third-order valence-corrected chi connectivity index (χ3v) is 10.2. The van der Waals surface area contributed by atoms with Gasteiger partial charge in [0.15, 0.2) is 0 Å². The van der Waals surface area contributed by atoms with Crippen molar-refractivity contribution >= 4 is 45.3 Å². The van der Waals surface area contributed by atoms with Gasteiger partial charge in [0.2, 0.25) is 5.91 Å². The molecule has 0 aliphatic carbocycles. The fourth-order valence-electron chi connectivity index (χ4n) is 6.91. The maximum absolute atomic E-state index is 14.8. The van der Waals surface area contributed by atoms with Crippen LogP contribution in [0.5, 0.6) is 0 Å². The highest BCUT2D eigenvalue weighted by atomic mass is 32.2. The standard InChI is InChI=1S/C31H33F2N7O2S/c1-4-25(41)38-9-11-39(12-10-38)30-22-13-18(2)26(21-5-6-24(33)23-14-34-36(3)27(21)23)29-28(22)40(31(42)35-30)20(17-43-29)16-37-8-7-19(32)15-37/h4-6,13-14,19-20H,1,7-12,15-17H2,2-3H3. The molecule has 2 saturated heterocycles. The lowest BCUT2D eigenvalue weighted by Crippen LogP contribution is -2.49. The zero-order valence-corrected chi connectivity index (χ0v) is 25.0. The molecule has 2 unspecified atom stereocenters. The number of nitrogens with zero attached hydrogens (tertiary/aromatic N) is 7. The van der Waals surface area contributed by atoms with Gasteiger partial charge < -0.3 is 9.80 Å². The summed E-state index contributed by atoms with van der Waals surface area (Å²) in [4.78, 5) is 37.7. The Labute approximate surface area is 251 Å². The molecule has 2 fully saturated rings. The van der Waals surface area contributed by atoms with E-state index in [1.165, 1.54) is 12.1 Å². The van der Waals surface area contributed by atoms with Gasteiger partial charge in [0.1, 0.15) is 17.8 Å². The van der Waals surface area contributed by atoms with Crippen molar-refractivity contribution in [1.82, 2.24) is 29.1 Å². The molecule has 2 atom stereocenters. The van der Waals surface area contributed by atoms with Crippen LogP contribution in [0.3, 0.4) is 0 Å². The first-order valence-electron chi connectivity index (χ1n) is 14.6. The second-order valence-electron chi connectivity index (χ2n) is 11.6. The molecule has 43 heavy (non-hydrogen) atoms. The number of piperazine rings is 1. The van der Waals surface area contributed by atoms with Crippen LogP contribution in [0, 0.1) is 12.7 Å². The van der Waals surface area contributed by atoms with Crippen LogP contribution in [0.2, 0.25) is 0 Å². The first kappa shape index (κ1) is 28.0. The third kappa shape index (κ3) is 4.62. The van der Waals surface area contributed by atoms with Crippen molar-refractivity contribution in [2.24, 2.45) is 7.05 Å². The molecule has 9 nitrogen and oxygen atoms in total. The van der Waals surface area contributed by atoms with Crippen LogP contribution in [0.25, 0.3) is 32.9 Å². The number of aryl methyl sites for hydroxylation is 2. The molecule has 3 aliphatic rings. The number of fused-ring (bicyclic) bond motifs is 1. The predicted octanol–water partition coefficient (Wildman–Crippen LogP) is 3.92. The van der Waals surface area contributed by atoms with Gasteiger partial charge >= 0.3 is 5.69 Å². The maximum Gasteiger partial charge on any atom is 0.350 e. The first-order chi connectivity index (χ1) is 20.7. The first-order valence-corrected chi connectivity index (χ1v) is 15.6. The summed E-state index contributed by atoms with van der Waals surface area (Å²) in [5.74, 6) is 0.794. The van der Waals surface area contributed by atoms with Crippen molar-refractivity contribution in [2.45, 2.75) is 30.5 Å². The number of likely N-dealkylation sites (tertiary alicyclic amines) is 1. The Morgan fingerprint density at radius 2 is 1.95 bits per heavy atom. The number of anilines is 1. The van der Waals surface area contributed by atoms with Crippen molar-refractivity contribution < 1.29 is 13.6 Å². The summed E-state index contributed by atoms with van der Waals surface area (Å²) in [5, 5.41) is 5.65. The van der Waals surface area contributed by atoms with Gasteiger partial charge in [-0.05, 0) is 43.2 Å². The number of hydrogen-bond acceptors (Lipinski definition) is 7. The summed E-state index contributed by atoms with van der Waals surface area (Å²) in [5.41, 5.74) is 3.94. The SMILES string of the molecule is C=CC(=O)N1CCN(c2nc(=O)n3c4c(c(-c5ccc(F)c6cnn(C)c56)c(C)cc24)SCC3CN2CCC(F)C2)CC1. The third-order valence-electron chi connectivity index (χ3n) is 8.99. The molecule has 0 saturated carbocycles. The number of alkyl halides is 1. The summed E-state index contributed by atoms with van der Waals surface area (Å²) in [7, 11) is 1.80. The van der Waals surface area contributed by atoms with E-state index in [0.29, 0.717) is 74.7 Å². The highest BCUT2D eigenvalue weighted by Crippen LogP contribution is 2.47. The van der Waals surface area contributed by atoms with E-state index >= 15 is 0 Å². The molecule has 0 bridgehead atoms. The van der Waals surface area contributed by atoms with E-state index in [2.05, 4.69) is 32.5 Å². The minimum atomic E-state index is -0.846. The van der Waals surface area contributed by atoms with E-state index in [9.17, 15) is 18.4 Å². The smallest absolute Gasteiger partial charge is 0.350 e. The summed E-state index contributed by atoms with van der Waals surface area (Å²) in [6, 6.07) is 5.17. The van der Waals surface area contributed by atoms with Crippen LogP contribution in [0.1, 0.15) is 18.0 Å². The lowest BCUT2D eigenvalue weighted by atomic mass is 9.95. The Balaban J connectivity index is 1.43. The number of aromatic nitrogens is 4. The lowest BCUT2D eigenvalue weighted by molar-refractivity contribution is -0.126. The van der Waals surface area contributed by atoms with Gasteiger partial charge in [0, 0.05) is 80.0 Å². The average Bonchev–Trinajstić information content (AvgIpc) is 3.61. The number of rotatable bonds is 5. The van der Waals surface area contributed by atoms with E-state index < -0.39 is 6.17 Å². The zero-order chi connectivity index (χ0) is 30.0. The second kappa shape index (κ2) is 10.7. The predicted molar refractivity (Wildman–Crippen MR) is 165 cm³/mol. The molecule has 4 aromatic rings. The van der Waals surface area contributed by atoms with Crippen molar-refractivity contribution in [1.29, 1.82) is 0 Å². The molecular formula is C31H33F2N7O2S. The number of carbonyl (C=O) groups is 1. The lowest BCUT2D eigenvalue weighted by Gasteiger charge is -2.37. The normalized spacial score (nSPS) is 20.8. The van der Waals surface area contributed by atoms with Crippen molar-refractivity contribution in [3.05, 3.63) is 58.9 Å². The molecule has 12 heteroatoms. The summed E-state index contributed by atoms with van der Waals surface area (Å²) in [6.45, 7) is 9.33. The fraction of sp³-hybridized carbons (Fsp3) is 0.419. The number of thioether (sulfide) groups is 1. The largest absolute Gasteiger partial charge is 0.352 e. The van der Waals surface area contributed by atoms with Crippen LogP contribution in [-0.2, 0) is 11.8 Å². The van der Waals surface area contributed by atoms with Gasteiger partial charge in [-0.1, -0.05) is 6.58 Å². The summed E-state index contributed by atoms with van der Waals surface area (Å²) < 4.78 is 32.4. The van der Waals surface area contributed by atoms with Gasteiger partial charge in [-0.3, -0.25) is 18.9 Å². The number of halogens is 2. The molecule has 2 aromatic heterocycles. The average molecular weight is 606 g/mol. The minimum absolute atomic E-state index is 0.109. The number of hydrogen-bond donors (Lipinski definition) is 0. The van der Waals surface area contributed by atoms with Crippen LogP contribution >= 0.6 is 11.8 Å². The fourth-order valence-corrected chi connectivity index (χ4v) is 8.28. The Kier molecular flexibility index (Phi) is 7.00. The Bertz CT molecular complexity index is 1850. The van der Waals surface area contributed by atoms with E-state index in [1.54, 1.807) is 45.2 Å². The highest BCUT2D eigenvalue weighted by Gasteiger charge is 2.34. The Morgan fingerprint density at radius 1 is 1.16 bits per heavy atom. The summed E-state index contributed by atoms with van der Waals surface area (Å²) >= 11 is 1.69. The van der Waals surface area contributed by atoms with Gasteiger partial charge in [-0.15, -0.1) is 11.8 Å². The van der Waals surface area contributed by atoms with E-state index in [1.807, 2.05) is 6.92 Å². The zero-order valence-electron chi connectivity index (χ0n) is 24.2. The van der Waals surface area contributed by atoms with Gasteiger partial charge in [0.25, 0.3) is 0 Å². The summed E-state index contributed by atoms with van der Waals surface area (Å²) in [6.07, 6.45) is 2.53. The molecular weight excluding hydrogens is 572 g/mol. The minimum Gasteiger partial charge on any atom is -0.352 e. The molecule has 2 aromatic carbocycles. The van der Waals surface area contributed by atoms with Crippen molar-refractivity contribution in [2.75, 3.05) is 56.5 Å². The molecule has 7 rings (SSSR count).